The number of carbonyl (C=O) groups is 1. The number of rotatable bonds is 8. The molecule has 0 radical (unpaired) electrons. The summed E-state index contributed by atoms with van der Waals surface area (Å²) in [6, 6.07) is 22.0. The molecule has 0 spiro atoms. The highest BCUT2D eigenvalue weighted by Gasteiger charge is 2.33. The highest BCUT2D eigenvalue weighted by atomic mass is 79.9. The monoisotopic (exact) mass is 649 g/mol. The quantitative estimate of drug-likeness (QED) is 0.316. The molecular formula is C29H33BrClN3O3S2. The lowest BCUT2D eigenvalue weighted by Crippen LogP contribution is -2.51. The number of sulfonamides is 1. The van der Waals surface area contributed by atoms with Gasteiger partial charge in [0.2, 0.25) is 15.9 Å². The molecule has 39 heavy (non-hydrogen) atoms. The van der Waals surface area contributed by atoms with Crippen molar-refractivity contribution in [3.05, 3.63) is 86.7 Å². The molecule has 1 aromatic heterocycles. The second-order valence-electron chi connectivity index (χ2n) is 10.4. The number of benzene rings is 2. The summed E-state index contributed by atoms with van der Waals surface area (Å²) in [5.74, 6) is 0.536. The van der Waals surface area contributed by atoms with E-state index in [4.69, 9.17) is 11.6 Å². The first kappa shape index (κ1) is 28.8. The van der Waals surface area contributed by atoms with Gasteiger partial charge in [-0.05, 0) is 82.9 Å². The predicted molar refractivity (Wildman–Crippen MR) is 161 cm³/mol. The minimum Gasteiger partial charge on any atom is -0.340 e. The van der Waals surface area contributed by atoms with E-state index < -0.39 is 10.0 Å². The van der Waals surface area contributed by atoms with E-state index in [2.05, 4.69) is 62.0 Å². The van der Waals surface area contributed by atoms with Crippen LogP contribution in [0.15, 0.2) is 74.7 Å². The van der Waals surface area contributed by atoms with Crippen molar-refractivity contribution in [2.24, 2.45) is 11.8 Å². The van der Waals surface area contributed by atoms with Gasteiger partial charge in [-0.3, -0.25) is 9.69 Å². The van der Waals surface area contributed by atoms with Crippen LogP contribution >= 0.6 is 38.9 Å². The van der Waals surface area contributed by atoms with E-state index in [0.29, 0.717) is 23.8 Å². The molecule has 0 bridgehead atoms. The topological polar surface area (TPSA) is 69.7 Å². The van der Waals surface area contributed by atoms with Crippen molar-refractivity contribution in [2.45, 2.75) is 35.9 Å². The normalized spacial score (nSPS) is 21.5. The summed E-state index contributed by atoms with van der Waals surface area (Å²) >= 11 is 10.7. The molecule has 3 aromatic rings. The molecule has 1 atom stereocenters. The van der Waals surface area contributed by atoms with Crippen molar-refractivity contribution in [1.82, 2.24) is 14.5 Å². The van der Waals surface area contributed by atoms with Gasteiger partial charge in [0.05, 0.1) is 9.83 Å². The van der Waals surface area contributed by atoms with Gasteiger partial charge in [-0.15, -0.1) is 11.3 Å². The molecule has 1 N–H and O–H groups in total. The third-order valence-electron chi connectivity index (χ3n) is 7.86. The Morgan fingerprint density at radius 1 is 0.923 bits per heavy atom. The van der Waals surface area contributed by atoms with E-state index in [9.17, 15) is 13.2 Å². The Bertz CT molecular complexity index is 1350. The smallest absolute Gasteiger partial charge is 0.250 e. The largest absolute Gasteiger partial charge is 0.340 e. The molecule has 1 saturated heterocycles. The maximum absolute atomic E-state index is 13.4. The third-order valence-corrected chi connectivity index (χ3v) is 11.7. The van der Waals surface area contributed by atoms with E-state index in [1.807, 2.05) is 23.1 Å². The summed E-state index contributed by atoms with van der Waals surface area (Å²) in [6.45, 7) is 3.47. The lowest BCUT2D eigenvalue weighted by atomic mass is 9.81. The summed E-state index contributed by atoms with van der Waals surface area (Å²) in [5, 5.41) is 0.726. The molecule has 208 valence electrons. The first-order valence-electron chi connectivity index (χ1n) is 13.4. The van der Waals surface area contributed by atoms with Crippen LogP contribution in [0.3, 0.4) is 0 Å². The van der Waals surface area contributed by atoms with Crippen LogP contribution in [0.1, 0.15) is 42.9 Å². The van der Waals surface area contributed by atoms with E-state index in [1.54, 1.807) is 12.1 Å². The Morgan fingerprint density at radius 3 is 2.18 bits per heavy atom. The molecule has 5 rings (SSSR count). The molecule has 1 aliphatic heterocycles. The summed E-state index contributed by atoms with van der Waals surface area (Å²) in [6.07, 6.45) is 3.35. The number of carbonyl (C=O) groups excluding carboxylic acids is 1. The van der Waals surface area contributed by atoms with Crippen LogP contribution in [0.5, 0.6) is 0 Å². The van der Waals surface area contributed by atoms with Gasteiger partial charge in [0.25, 0.3) is 0 Å². The molecule has 2 fully saturated rings. The number of hydrogen-bond donors (Lipinski definition) is 1. The molecule has 1 amide bonds. The highest BCUT2D eigenvalue weighted by molar-refractivity contribution is 9.11. The van der Waals surface area contributed by atoms with Crippen molar-refractivity contribution >= 4 is 54.8 Å². The van der Waals surface area contributed by atoms with Gasteiger partial charge in [-0.2, -0.15) is 0 Å². The van der Waals surface area contributed by atoms with Gasteiger partial charge in [0.1, 0.15) is 4.21 Å². The van der Waals surface area contributed by atoms with Gasteiger partial charge in [-0.25, -0.2) is 13.1 Å². The number of amides is 1. The van der Waals surface area contributed by atoms with E-state index in [0.717, 1.165) is 47.6 Å². The Labute approximate surface area is 248 Å². The third kappa shape index (κ3) is 7.13. The predicted octanol–water partition coefficient (Wildman–Crippen LogP) is 6.18. The zero-order valence-electron chi connectivity index (χ0n) is 21.6. The SMILES string of the molecule is O=C(C1CCC(CNS(=O)(=O)c2ccc(Br)s2)CC1)N1CCN([C@H](c2ccccc2)c2ccc(Cl)cc2)CC1. The summed E-state index contributed by atoms with van der Waals surface area (Å²) in [7, 11) is -3.49. The van der Waals surface area contributed by atoms with Crippen LogP contribution in [0.25, 0.3) is 0 Å². The zero-order chi connectivity index (χ0) is 27.4. The van der Waals surface area contributed by atoms with Crippen LogP contribution in [0.4, 0.5) is 0 Å². The summed E-state index contributed by atoms with van der Waals surface area (Å²) < 4.78 is 29.0. The Morgan fingerprint density at radius 2 is 1.56 bits per heavy atom. The number of nitrogens with zero attached hydrogens (tertiary/aromatic N) is 2. The molecule has 2 aromatic carbocycles. The van der Waals surface area contributed by atoms with Crippen LogP contribution in [-0.2, 0) is 14.8 Å². The van der Waals surface area contributed by atoms with Crippen LogP contribution in [0.2, 0.25) is 5.02 Å². The first-order valence-corrected chi connectivity index (χ1v) is 16.9. The van der Waals surface area contributed by atoms with E-state index >= 15 is 0 Å². The van der Waals surface area contributed by atoms with Crippen LogP contribution in [-0.4, -0.2) is 56.8 Å². The van der Waals surface area contributed by atoms with Gasteiger partial charge in [-0.1, -0.05) is 54.1 Å². The number of hydrogen-bond acceptors (Lipinski definition) is 5. The second-order valence-corrected chi connectivity index (χ2v) is 15.2. The number of thiophene rings is 1. The van der Waals surface area contributed by atoms with Gasteiger partial charge in [0.15, 0.2) is 0 Å². The highest BCUT2D eigenvalue weighted by Crippen LogP contribution is 2.33. The lowest BCUT2D eigenvalue weighted by Gasteiger charge is -2.41. The van der Waals surface area contributed by atoms with Crippen LogP contribution in [0, 0.1) is 11.8 Å². The van der Waals surface area contributed by atoms with Crippen molar-refractivity contribution in [3.8, 4) is 0 Å². The molecule has 0 unspecified atom stereocenters. The minimum absolute atomic E-state index is 0.0267. The molecule has 1 saturated carbocycles. The number of halogens is 2. The van der Waals surface area contributed by atoms with Crippen LogP contribution < -0.4 is 4.72 Å². The van der Waals surface area contributed by atoms with Crippen molar-refractivity contribution in [2.75, 3.05) is 32.7 Å². The summed E-state index contributed by atoms with van der Waals surface area (Å²) in [4.78, 5) is 17.9. The number of piperazine rings is 1. The molecule has 2 aliphatic rings. The van der Waals surface area contributed by atoms with Crippen molar-refractivity contribution in [1.29, 1.82) is 0 Å². The fourth-order valence-electron chi connectivity index (χ4n) is 5.71. The molecule has 1 aliphatic carbocycles. The number of nitrogens with one attached hydrogen (secondary N) is 1. The van der Waals surface area contributed by atoms with E-state index in [1.165, 1.54) is 22.5 Å². The Kier molecular flexibility index (Phi) is 9.46. The minimum atomic E-state index is -3.49. The average Bonchev–Trinajstić information content (AvgIpc) is 3.41. The molecule has 6 nitrogen and oxygen atoms in total. The fourth-order valence-corrected chi connectivity index (χ4v) is 9.00. The zero-order valence-corrected chi connectivity index (χ0v) is 25.6. The average molecular weight is 651 g/mol. The molecule has 2 heterocycles. The summed E-state index contributed by atoms with van der Waals surface area (Å²) in [5.41, 5.74) is 2.44. The van der Waals surface area contributed by atoms with Gasteiger partial charge >= 0.3 is 0 Å². The Hall–Kier alpha value is -1.75. The van der Waals surface area contributed by atoms with Gasteiger partial charge < -0.3 is 4.90 Å². The molecule has 10 heteroatoms. The van der Waals surface area contributed by atoms with Crippen molar-refractivity contribution in [3.63, 3.8) is 0 Å². The second kappa shape index (κ2) is 12.8. The lowest BCUT2D eigenvalue weighted by molar-refractivity contribution is -0.138. The first-order chi connectivity index (χ1) is 18.8. The standard InChI is InChI=1S/C29H33BrClN3O3S2/c30-26-14-15-27(38-26)39(36,37)32-20-21-6-8-24(9-7-21)29(35)34-18-16-33(17-19-34)28(22-4-2-1-3-5-22)23-10-12-25(31)13-11-23/h1-5,10-15,21,24,28,32H,6-9,16-20H2/t21?,24?,28-/m1/s1. The Balaban J connectivity index is 1.13. The van der Waals surface area contributed by atoms with Crippen molar-refractivity contribution < 1.29 is 13.2 Å². The fraction of sp³-hybridized carbons (Fsp3) is 0.414. The maximum atomic E-state index is 13.4. The van der Waals surface area contributed by atoms with E-state index in [-0.39, 0.29) is 23.8 Å². The van der Waals surface area contributed by atoms with Gasteiger partial charge in [0, 0.05) is 43.7 Å². The molecular weight excluding hydrogens is 618 g/mol. The maximum Gasteiger partial charge on any atom is 0.250 e.